The van der Waals surface area contributed by atoms with Gasteiger partial charge in [-0.15, -0.1) is 0 Å². The number of rotatable bonds is 4. The molecule has 0 amide bonds. The van der Waals surface area contributed by atoms with Gasteiger partial charge in [0.05, 0.1) is 23.9 Å². The van der Waals surface area contributed by atoms with Crippen molar-refractivity contribution in [3.63, 3.8) is 0 Å². The first-order chi connectivity index (χ1) is 7.94. The third-order valence-corrected chi connectivity index (χ3v) is 4.40. The Hall–Kier alpha value is -0.160. The molecule has 1 aliphatic heterocycles. The maximum atomic E-state index is 10.4. The molecule has 1 rings (SSSR count). The van der Waals surface area contributed by atoms with E-state index in [9.17, 15) is 10.2 Å². The van der Waals surface area contributed by atoms with Gasteiger partial charge < -0.3 is 14.9 Å². The van der Waals surface area contributed by atoms with Crippen molar-refractivity contribution in [1.82, 2.24) is 4.90 Å². The zero-order chi connectivity index (χ0) is 14.4. The topological polar surface area (TPSA) is 52.9 Å². The summed E-state index contributed by atoms with van der Waals surface area (Å²) >= 11 is 0. The van der Waals surface area contributed by atoms with Gasteiger partial charge in [-0.1, -0.05) is 0 Å². The van der Waals surface area contributed by atoms with Gasteiger partial charge in [0.2, 0.25) is 0 Å². The number of likely N-dealkylation sites (N-methyl/N-ethyl adjacent to an activating group) is 1. The van der Waals surface area contributed by atoms with Gasteiger partial charge >= 0.3 is 0 Å². The number of hydrogen-bond acceptors (Lipinski definition) is 4. The van der Waals surface area contributed by atoms with E-state index >= 15 is 0 Å². The number of nitrogens with zero attached hydrogens (tertiary/aromatic N) is 1. The van der Waals surface area contributed by atoms with E-state index < -0.39 is 11.7 Å². The van der Waals surface area contributed by atoms with Gasteiger partial charge in [-0.25, -0.2) is 0 Å². The Bertz CT molecular complexity index is 299. The molecule has 0 spiro atoms. The van der Waals surface area contributed by atoms with Crippen molar-refractivity contribution in [1.29, 1.82) is 0 Å². The van der Waals surface area contributed by atoms with Crippen LogP contribution >= 0.6 is 0 Å². The van der Waals surface area contributed by atoms with E-state index in [4.69, 9.17) is 4.74 Å². The van der Waals surface area contributed by atoms with Crippen molar-refractivity contribution in [3.05, 3.63) is 0 Å². The standard InChI is InChI=1S/C14H29NO3/c1-12(2,9-16)15(7)8-10-11(17)14(5,6)18-13(10,3)4/h10-11,16-17H,8-9H2,1-7H3. The first-order valence-corrected chi connectivity index (χ1v) is 6.64. The van der Waals surface area contributed by atoms with Crippen LogP contribution in [0, 0.1) is 5.92 Å². The van der Waals surface area contributed by atoms with Crippen LogP contribution in [0.4, 0.5) is 0 Å². The third-order valence-electron chi connectivity index (χ3n) is 4.40. The molecule has 108 valence electrons. The predicted octanol–water partition coefficient (Wildman–Crippen LogP) is 1.25. The third kappa shape index (κ3) is 2.87. The molecule has 0 aliphatic carbocycles. The second kappa shape index (κ2) is 4.75. The average molecular weight is 259 g/mol. The molecule has 0 aromatic heterocycles. The Morgan fingerprint density at radius 1 is 1.17 bits per heavy atom. The predicted molar refractivity (Wildman–Crippen MR) is 72.5 cm³/mol. The molecule has 18 heavy (non-hydrogen) atoms. The molecule has 1 saturated heterocycles. The highest BCUT2D eigenvalue weighted by Crippen LogP contribution is 2.42. The molecule has 2 unspecified atom stereocenters. The van der Waals surface area contributed by atoms with Crippen LogP contribution in [-0.2, 0) is 4.74 Å². The highest BCUT2D eigenvalue weighted by Gasteiger charge is 2.53. The van der Waals surface area contributed by atoms with E-state index in [1.54, 1.807) is 0 Å². The summed E-state index contributed by atoms with van der Waals surface area (Å²) in [7, 11) is 1.98. The molecule has 1 fully saturated rings. The summed E-state index contributed by atoms with van der Waals surface area (Å²) in [5.41, 5.74) is -1.16. The largest absolute Gasteiger partial charge is 0.394 e. The zero-order valence-electron chi connectivity index (χ0n) is 12.8. The number of hydrogen-bond donors (Lipinski definition) is 2. The SMILES string of the molecule is CN(CC1C(O)C(C)(C)OC1(C)C)C(C)(C)CO. The molecule has 2 atom stereocenters. The molecular formula is C14H29NO3. The van der Waals surface area contributed by atoms with Gasteiger partial charge in [-0.05, 0) is 48.6 Å². The Balaban J connectivity index is 2.84. The van der Waals surface area contributed by atoms with Crippen LogP contribution in [0.1, 0.15) is 41.5 Å². The van der Waals surface area contributed by atoms with E-state index in [1.165, 1.54) is 0 Å². The van der Waals surface area contributed by atoms with Crippen LogP contribution in [0.2, 0.25) is 0 Å². The van der Waals surface area contributed by atoms with Crippen molar-refractivity contribution in [2.24, 2.45) is 5.92 Å². The normalized spacial score (nSPS) is 31.0. The monoisotopic (exact) mass is 259 g/mol. The molecule has 0 saturated carbocycles. The molecule has 0 aromatic carbocycles. The molecule has 2 N–H and O–H groups in total. The minimum absolute atomic E-state index is 0.0309. The summed E-state index contributed by atoms with van der Waals surface area (Å²) in [4.78, 5) is 2.09. The fourth-order valence-corrected chi connectivity index (χ4v) is 2.66. The van der Waals surface area contributed by atoms with Gasteiger partial charge in [-0.2, -0.15) is 0 Å². The molecular weight excluding hydrogens is 230 g/mol. The summed E-state index contributed by atoms with van der Waals surface area (Å²) < 4.78 is 5.97. The summed E-state index contributed by atoms with van der Waals surface area (Å²) in [5, 5.41) is 19.8. The van der Waals surface area contributed by atoms with Gasteiger partial charge in [0.25, 0.3) is 0 Å². The molecule has 4 heteroatoms. The first kappa shape index (κ1) is 15.9. The fourth-order valence-electron chi connectivity index (χ4n) is 2.66. The maximum absolute atomic E-state index is 10.4. The van der Waals surface area contributed by atoms with Crippen molar-refractivity contribution >= 4 is 0 Å². The molecule has 1 heterocycles. The lowest BCUT2D eigenvalue weighted by Crippen LogP contribution is -2.50. The van der Waals surface area contributed by atoms with E-state index in [0.717, 1.165) is 0 Å². The van der Waals surface area contributed by atoms with E-state index in [1.807, 2.05) is 48.6 Å². The number of aliphatic hydroxyl groups excluding tert-OH is 2. The van der Waals surface area contributed by atoms with Crippen molar-refractivity contribution in [2.45, 2.75) is 64.4 Å². The van der Waals surface area contributed by atoms with Crippen molar-refractivity contribution < 1.29 is 14.9 Å². The average Bonchev–Trinajstić information content (AvgIpc) is 2.36. The second-order valence-electron chi connectivity index (χ2n) is 7.21. The summed E-state index contributed by atoms with van der Waals surface area (Å²) in [6.45, 7) is 12.7. The highest BCUT2D eigenvalue weighted by molar-refractivity contribution is 5.03. The smallest absolute Gasteiger partial charge is 0.0896 e. The summed E-state index contributed by atoms with van der Waals surface area (Å²) in [6, 6.07) is 0. The van der Waals surface area contributed by atoms with Crippen LogP contribution in [0.25, 0.3) is 0 Å². The lowest BCUT2D eigenvalue weighted by molar-refractivity contribution is -0.0918. The van der Waals surface area contributed by atoms with Crippen LogP contribution in [-0.4, -0.2) is 58.2 Å². The zero-order valence-corrected chi connectivity index (χ0v) is 12.8. The Labute approximate surface area is 111 Å². The maximum Gasteiger partial charge on any atom is 0.0896 e. The van der Waals surface area contributed by atoms with Gasteiger partial charge in [0.15, 0.2) is 0 Å². The first-order valence-electron chi connectivity index (χ1n) is 6.64. The van der Waals surface area contributed by atoms with Crippen LogP contribution in [0.3, 0.4) is 0 Å². The lowest BCUT2D eigenvalue weighted by atomic mass is 9.83. The van der Waals surface area contributed by atoms with Crippen LogP contribution in [0.5, 0.6) is 0 Å². The van der Waals surface area contributed by atoms with Crippen LogP contribution in [0.15, 0.2) is 0 Å². The van der Waals surface area contributed by atoms with Crippen molar-refractivity contribution in [2.75, 3.05) is 20.2 Å². The Morgan fingerprint density at radius 3 is 2.00 bits per heavy atom. The van der Waals surface area contributed by atoms with E-state index in [-0.39, 0.29) is 23.7 Å². The summed E-state index contributed by atoms with van der Waals surface area (Å²) in [6.07, 6.45) is -0.496. The van der Waals surface area contributed by atoms with Crippen molar-refractivity contribution in [3.8, 4) is 0 Å². The Kier molecular flexibility index (Phi) is 4.19. The molecule has 4 nitrogen and oxygen atoms in total. The minimum atomic E-state index is -0.516. The lowest BCUT2D eigenvalue weighted by Gasteiger charge is -2.38. The van der Waals surface area contributed by atoms with E-state index in [2.05, 4.69) is 4.90 Å². The Morgan fingerprint density at radius 2 is 1.67 bits per heavy atom. The molecule has 1 aliphatic rings. The van der Waals surface area contributed by atoms with Gasteiger partial charge in [-0.3, -0.25) is 4.90 Å². The quantitative estimate of drug-likeness (QED) is 0.798. The molecule has 0 bridgehead atoms. The fraction of sp³-hybridized carbons (Fsp3) is 1.00. The van der Waals surface area contributed by atoms with Gasteiger partial charge in [0.1, 0.15) is 0 Å². The van der Waals surface area contributed by atoms with Crippen LogP contribution < -0.4 is 0 Å². The second-order valence-corrected chi connectivity index (χ2v) is 7.21. The van der Waals surface area contributed by atoms with E-state index in [0.29, 0.717) is 6.54 Å². The summed E-state index contributed by atoms with van der Waals surface area (Å²) in [5.74, 6) is 0.0309. The molecule has 0 radical (unpaired) electrons. The van der Waals surface area contributed by atoms with Gasteiger partial charge in [0, 0.05) is 18.0 Å². The number of aliphatic hydroxyl groups is 2. The minimum Gasteiger partial charge on any atom is -0.394 e. The number of ether oxygens (including phenoxy) is 1. The molecule has 0 aromatic rings. The highest BCUT2D eigenvalue weighted by atomic mass is 16.5.